The van der Waals surface area contributed by atoms with Crippen LogP contribution in [-0.4, -0.2) is 47.6 Å². The topological polar surface area (TPSA) is 126 Å². The van der Waals surface area contributed by atoms with Gasteiger partial charge in [0.1, 0.15) is 24.8 Å². The molecule has 0 bridgehead atoms. The normalized spacial score (nSPS) is 19.5. The summed E-state index contributed by atoms with van der Waals surface area (Å²) in [6.45, 7) is 0.637. The van der Waals surface area contributed by atoms with Gasteiger partial charge in [0.25, 0.3) is 0 Å². The largest absolute Gasteiger partial charge is 0.459 e. The van der Waals surface area contributed by atoms with E-state index in [4.69, 9.17) is 9.84 Å². The van der Waals surface area contributed by atoms with Crippen LogP contribution >= 0.6 is 0 Å². The fraction of sp³-hybridized carbons (Fsp3) is 0.643. The Balaban J connectivity index is 2.61. The average Bonchev–Trinajstić information content (AvgIpc) is 2.57. The Morgan fingerprint density at radius 3 is 2.50 bits per heavy atom. The van der Waals surface area contributed by atoms with Crippen LogP contribution in [0.15, 0.2) is 34.2 Å². The average molecular weight is 312 g/mol. The number of rotatable bonds is 9. The standard InChI is InChI=1S/C14H20N2O6/c1-9(7-17)12(15-20)13(16-21)11(18)8-22-14(19)10-5-3-2-4-6-10/h3,5-6,9,11-13,17-18H,2,4,7-8H2,1H3. The fourth-order valence-corrected chi connectivity index (χ4v) is 2.08. The van der Waals surface area contributed by atoms with E-state index in [9.17, 15) is 19.7 Å². The van der Waals surface area contributed by atoms with Crippen LogP contribution < -0.4 is 0 Å². The number of hydrogen-bond acceptors (Lipinski definition) is 8. The van der Waals surface area contributed by atoms with Gasteiger partial charge in [-0.2, -0.15) is 9.81 Å². The highest BCUT2D eigenvalue weighted by molar-refractivity contribution is 5.91. The van der Waals surface area contributed by atoms with Gasteiger partial charge in [-0.15, -0.1) is 0 Å². The molecule has 0 aromatic carbocycles. The molecular weight excluding hydrogens is 292 g/mol. The number of aliphatic hydroxyl groups is 2. The summed E-state index contributed by atoms with van der Waals surface area (Å²) >= 11 is 0. The summed E-state index contributed by atoms with van der Waals surface area (Å²) in [6.07, 6.45) is 5.28. The van der Waals surface area contributed by atoms with E-state index < -0.39 is 36.7 Å². The van der Waals surface area contributed by atoms with Crippen molar-refractivity contribution in [1.29, 1.82) is 0 Å². The van der Waals surface area contributed by atoms with Crippen molar-refractivity contribution in [2.45, 2.75) is 38.0 Å². The minimum Gasteiger partial charge on any atom is -0.459 e. The third-order valence-corrected chi connectivity index (χ3v) is 3.47. The van der Waals surface area contributed by atoms with Gasteiger partial charge in [-0.05, 0) is 12.8 Å². The third-order valence-electron chi connectivity index (χ3n) is 3.47. The van der Waals surface area contributed by atoms with E-state index >= 15 is 0 Å². The Hall–Kier alpha value is -1.93. The monoisotopic (exact) mass is 312 g/mol. The van der Waals surface area contributed by atoms with E-state index in [1.165, 1.54) is 6.92 Å². The second kappa shape index (κ2) is 9.16. The van der Waals surface area contributed by atoms with E-state index in [1.807, 2.05) is 6.08 Å². The van der Waals surface area contributed by atoms with E-state index in [0.29, 0.717) is 5.57 Å². The molecule has 0 aromatic heterocycles. The summed E-state index contributed by atoms with van der Waals surface area (Å²) in [5, 5.41) is 24.4. The second-order valence-corrected chi connectivity index (χ2v) is 5.16. The first-order chi connectivity index (χ1) is 10.5. The molecule has 0 spiro atoms. The molecule has 0 saturated heterocycles. The van der Waals surface area contributed by atoms with E-state index in [2.05, 4.69) is 10.4 Å². The molecule has 122 valence electrons. The number of nitroso groups, excluding NO2 is 2. The molecule has 0 fully saturated rings. The van der Waals surface area contributed by atoms with Crippen molar-refractivity contribution in [2.75, 3.05) is 13.2 Å². The lowest BCUT2D eigenvalue weighted by molar-refractivity contribution is -0.142. The smallest absolute Gasteiger partial charge is 0.337 e. The molecule has 8 nitrogen and oxygen atoms in total. The lowest BCUT2D eigenvalue weighted by Crippen LogP contribution is -2.42. The second-order valence-electron chi connectivity index (χ2n) is 5.16. The van der Waals surface area contributed by atoms with Crippen LogP contribution in [0.3, 0.4) is 0 Å². The maximum absolute atomic E-state index is 11.8. The van der Waals surface area contributed by atoms with Crippen LogP contribution in [0.4, 0.5) is 0 Å². The summed E-state index contributed by atoms with van der Waals surface area (Å²) in [6, 6.07) is -2.58. The predicted molar refractivity (Wildman–Crippen MR) is 78.8 cm³/mol. The zero-order valence-corrected chi connectivity index (χ0v) is 12.3. The van der Waals surface area contributed by atoms with Gasteiger partial charge in [0, 0.05) is 12.5 Å². The number of hydrogen-bond donors (Lipinski definition) is 2. The third kappa shape index (κ3) is 4.81. The van der Waals surface area contributed by atoms with E-state index in [0.717, 1.165) is 12.8 Å². The van der Waals surface area contributed by atoms with Crippen molar-refractivity contribution in [3.05, 3.63) is 33.6 Å². The molecule has 4 atom stereocenters. The zero-order chi connectivity index (χ0) is 16.5. The van der Waals surface area contributed by atoms with Gasteiger partial charge in [-0.3, -0.25) is 0 Å². The summed E-state index contributed by atoms with van der Waals surface area (Å²) in [7, 11) is 0. The summed E-state index contributed by atoms with van der Waals surface area (Å²) < 4.78 is 4.92. The molecule has 0 radical (unpaired) electrons. The van der Waals surface area contributed by atoms with Crippen LogP contribution in [0.1, 0.15) is 19.8 Å². The van der Waals surface area contributed by atoms with Gasteiger partial charge in [0.15, 0.2) is 0 Å². The number of nitrogens with zero attached hydrogens (tertiary/aromatic N) is 2. The van der Waals surface area contributed by atoms with Crippen molar-refractivity contribution in [2.24, 2.45) is 16.3 Å². The van der Waals surface area contributed by atoms with E-state index in [1.54, 1.807) is 12.2 Å². The maximum Gasteiger partial charge on any atom is 0.337 e. The summed E-state index contributed by atoms with van der Waals surface area (Å²) in [5.74, 6) is -1.26. The van der Waals surface area contributed by atoms with Gasteiger partial charge in [-0.25, -0.2) is 4.79 Å². The van der Waals surface area contributed by atoms with E-state index in [-0.39, 0.29) is 6.61 Å². The lowest BCUT2D eigenvalue weighted by Gasteiger charge is -2.23. The lowest BCUT2D eigenvalue weighted by atomic mass is 9.93. The zero-order valence-electron chi connectivity index (χ0n) is 12.3. The number of aliphatic hydroxyl groups excluding tert-OH is 2. The molecule has 0 heterocycles. The number of carbonyl (C=O) groups excluding carboxylic acids is 1. The molecule has 2 N–H and O–H groups in total. The Morgan fingerprint density at radius 1 is 1.32 bits per heavy atom. The molecule has 8 heteroatoms. The Bertz CT molecular complexity index is 462. The van der Waals surface area contributed by atoms with Crippen molar-refractivity contribution in [1.82, 2.24) is 0 Å². The van der Waals surface area contributed by atoms with Crippen LogP contribution in [0, 0.1) is 15.7 Å². The molecule has 0 aliphatic heterocycles. The van der Waals surface area contributed by atoms with Crippen LogP contribution in [-0.2, 0) is 9.53 Å². The maximum atomic E-state index is 11.8. The minimum absolute atomic E-state index is 0.378. The molecule has 1 aliphatic carbocycles. The molecule has 1 rings (SSSR count). The molecule has 22 heavy (non-hydrogen) atoms. The van der Waals surface area contributed by atoms with Crippen molar-refractivity contribution < 1.29 is 19.7 Å². The van der Waals surface area contributed by atoms with Crippen molar-refractivity contribution >= 4 is 5.97 Å². The molecule has 1 aliphatic rings. The van der Waals surface area contributed by atoms with Crippen LogP contribution in [0.2, 0.25) is 0 Å². The molecular formula is C14H20N2O6. The summed E-state index contributed by atoms with van der Waals surface area (Å²) in [4.78, 5) is 33.4. The molecule has 4 unspecified atom stereocenters. The highest BCUT2D eigenvalue weighted by Gasteiger charge is 2.35. The van der Waals surface area contributed by atoms with Crippen LogP contribution in [0.5, 0.6) is 0 Å². The van der Waals surface area contributed by atoms with Crippen LogP contribution in [0.25, 0.3) is 0 Å². The predicted octanol–water partition coefficient (Wildman–Crippen LogP) is 1.07. The van der Waals surface area contributed by atoms with Gasteiger partial charge in [0.05, 0.1) is 5.57 Å². The van der Waals surface area contributed by atoms with Gasteiger partial charge >= 0.3 is 5.97 Å². The van der Waals surface area contributed by atoms with Gasteiger partial charge in [-0.1, -0.05) is 35.5 Å². The number of esters is 1. The quantitative estimate of drug-likeness (QED) is 0.484. The fourth-order valence-electron chi connectivity index (χ4n) is 2.08. The first-order valence-corrected chi connectivity index (χ1v) is 7.02. The van der Waals surface area contributed by atoms with Crippen molar-refractivity contribution in [3.63, 3.8) is 0 Å². The summed E-state index contributed by atoms with van der Waals surface area (Å²) in [5.41, 5.74) is 0.378. The molecule has 0 amide bonds. The highest BCUT2D eigenvalue weighted by Crippen LogP contribution is 2.18. The minimum atomic E-state index is -1.47. The first-order valence-electron chi connectivity index (χ1n) is 7.02. The highest BCUT2D eigenvalue weighted by atomic mass is 16.5. The number of carbonyl (C=O) groups is 1. The Kier molecular flexibility index (Phi) is 7.55. The van der Waals surface area contributed by atoms with Crippen molar-refractivity contribution in [3.8, 4) is 0 Å². The molecule has 0 saturated carbocycles. The Morgan fingerprint density at radius 2 is 2.00 bits per heavy atom. The van der Waals surface area contributed by atoms with Gasteiger partial charge in [0.2, 0.25) is 0 Å². The number of ether oxygens (including phenoxy) is 1. The molecule has 0 aromatic rings. The first kappa shape index (κ1) is 18.1. The number of allylic oxidation sites excluding steroid dienone is 2. The Labute approximate surface area is 127 Å². The van der Waals surface area contributed by atoms with Gasteiger partial charge < -0.3 is 14.9 Å². The SMILES string of the molecule is CC(CO)C(N=O)C(N=O)C(O)COC(=O)C1=CCCC=C1.